The van der Waals surface area contributed by atoms with Crippen molar-refractivity contribution >= 4 is 17.5 Å². The summed E-state index contributed by atoms with van der Waals surface area (Å²) >= 11 is 0. The Bertz CT molecular complexity index is 1040. The van der Waals surface area contributed by atoms with Gasteiger partial charge in [0.2, 0.25) is 0 Å². The molecule has 6 nitrogen and oxygen atoms in total. The largest absolute Gasteiger partial charge is 0.437 e. The minimum absolute atomic E-state index is 0.0949. The highest BCUT2D eigenvalue weighted by atomic mass is 16.6. The Morgan fingerprint density at radius 2 is 1.56 bits per heavy atom. The zero-order valence-electron chi connectivity index (χ0n) is 18.4. The van der Waals surface area contributed by atoms with Gasteiger partial charge in [0, 0.05) is 12.0 Å². The Morgan fingerprint density at radius 1 is 0.969 bits per heavy atom. The number of amides is 1. The minimum atomic E-state index is -0.931. The first-order valence-corrected chi connectivity index (χ1v) is 10.9. The van der Waals surface area contributed by atoms with Crippen molar-refractivity contribution in [2.75, 3.05) is 5.32 Å². The number of hydrogen-bond acceptors (Lipinski definition) is 4. The zero-order valence-corrected chi connectivity index (χ0v) is 18.4. The molecule has 2 atom stereocenters. The SMILES string of the molecule is CCC[C@@](OC(=O)Nc1ccccc1[N+](=O)[O-])(c1ccccc1)[C@@H](CC)c1ccccc1. The van der Waals surface area contributed by atoms with Crippen molar-refractivity contribution in [3.63, 3.8) is 0 Å². The Hall–Kier alpha value is -3.67. The van der Waals surface area contributed by atoms with Gasteiger partial charge in [-0.25, -0.2) is 4.79 Å². The molecule has 166 valence electrons. The molecule has 0 heterocycles. The van der Waals surface area contributed by atoms with Crippen LogP contribution in [0.3, 0.4) is 0 Å². The Kier molecular flexibility index (Phi) is 7.60. The van der Waals surface area contributed by atoms with E-state index in [2.05, 4.69) is 19.2 Å². The second-order valence-corrected chi connectivity index (χ2v) is 7.67. The molecule has 0 aliphatic carbocycles. The van der Waals surface area contributed by atoms with E-state index >= 15 is 0 Å². The lowest BCUT2D eigenvalue weighted by molar-refractivity contribution is -0.383. The van der Waals surface area contributed by atoms with Gasteiger partial charge < -0.3 is 4.74 Å². The van der Waals surface area contributed by atoms with Gasteiger partial charge in [-0.2, -0.15) is 0 Å². The fourth-order valence-electron chi connectivity index (χ4n) is 4.35. The first-order valence-electron chi connectivity index (χ1n) is 10.9. The van der Waals surface area contributed by atoms with Gasteiger partial charge >= 0.3 is 6.09 Å². The van der Waals surface area contributed by atoms with Gasteiger partial charge in [0.1, 0.15) is 11.3 Å². The Balaban J connectivity index is 2.04. The smallest absolute Gasteiger partial charge is 0.412 e. The number of ether oxygens (including phenoxy) is 1. The predicted molar refractivity (Wildman–Crippen MR) is 126 cm³/mol. The maximum Gasteiger partial charge on any atom is 0.412 e. The van der Waals surface area contributed by atoms with Crippen LogP contribution in [0.2, 0.25) is 0 Å². The molecule has 0 unspecified atom stereocenters. The number of benzene rings is 3. The summed E-state index contributed by atoms with van der Waals surface area (Å²) in [4.78, 5) is 24.0. The maximum atomic E-state index is 13.1. The molecule has 3 aromatic carbocycles. The van der Waals surface area contributed by atoms with E-state index in [4.69, 9.17) is 4.74 Å². The van der Waals surface area contributed by atoms with Crippen LogP contribution in [-0.2, 0) is 10.3 Å². The number of anilines is 1. The Labute approximate surface area is 188 Å². The number of para-hydroxylation sites is 2. The average Bonchev–Trinajstić information content (AvgIpc) is 2.81. The van der Waals surface area contributed by atoms with Gasteiger partial charge in [-0.15, -0.1) is 0 Å². The lowest BCUT2D eigenvalue weighted by atomic mass is 9.73. The van der Waals surface area contributed by atoms with Gasteiger partial charge in [0.15, 0.2) is 0 Å². The van der Waals surface area contributed by atoms with Gasteiger partial charge in [0.05, 0.1) is 4.92 Å². The van der Waals surface area contributed by atoms with E-state index in [1.165, 1.54) is 12.1 Å². The van der Waals surface area contributed by atoms with Crippen molar-refractivity contribution in [1.29, 1.82) is 0 Å². The predicted octanol–water partition coefficient (Wildman–Crippen LogP) is 7.03. The third-order valence-corrected chi connectivity index (χ3v) is 5.67. The van der Waals surface area contributed by atoms with E-state index in [9.17, 15) is 14.9 Å². The molecule has 0 aromatic heterocycles. The van der Waals surface area contributed by atoms with E-state index < -0.39 is 16.6 Å². The van der Waals surface area contributed by atoms with E-state index in [0.29, 0.717) is 6.42 Å². The first kappa shape index (κ1) is 23.0. The molecule has 6 heteroatoms. The van der Waals surface area contributed by atoms with Crippen molar-refractivity contribution in [1.82, 2.24) is 0 Å². The molecular formula is C26H28N2O4. The van der Waals surface area contributed by atoms with Crippen molar-refractivity contribution in [2.45, 2.75) is 44.6 Å². The monoisotopic (exact) mass is 432 g/mol. The number of nitrogens with zero attached hydrogens (tertiary/aromatic N) is 1. The van der Waals surface area contributed by atoms with Gasteiger partial charge in [-0.3, -0.25) is 15.4 Å². The first-order chi connectivity index (χ1) is 15.5. The van der Waals surface area contributed by atoms with Gasteiger partial charge in [0.25, 0.3) is 5.69 Å². The minimum Gasteiger partial charge on any atom is -0.437 e. The number of carbonyl (C=O) groups excluding carboxylic acids is 1. The van der Waals surface area contributed by atoms with Crippen LogP contribution < -0.4 is 5.32 Å². The highest BCUT2D eigenvalue weighted by molar-refractivity contribution is 5.88. The lowest BCUT2D eigenvalue weighted by Gasteiger charge is -2.40. The van der Waals surface area contributed by atoms with E-state index in [1.54, 1.807) is 12.1 Å². The van der Waals surface area contributed by atoms with Crippen LogP contribution in [-0.4, -0.2) is 11.0 Å². The van der Waals surface area contributed by atoms with Crippen LogP contribution in [0.25, 0.3) is 0 Å². The maximum absolute atomic E-state index is 13.1. The number of nitrogens with one attached hydrogen (secondary N) is 1. The fraction of sp³-hybridized carbons (Fsp3) is 0.269. The highest BCUT2D eigenvalue weighted by Gasteiger charge is 2.43. The van der Waals surface area contributed by atoms with E-state index in [-0.39, 0.29) is 17.3 Å². The molecule has 0 bridgehead atoms. The van der Waals surface area contributed by atoms with Crippen LogP contribution in [0.5, 0.6) is 0 Å². The number of hydrogen-bond donors (Lipinski definition) is 1. The summed E-state index contributed by atoms with van der Waals surface area (Å²) in [7, 11) is 0. The highest BCUT2D eigenvalue weighted by Crippen LogP contribution is 2.46. The van der Waals surface area contributed by atoms with Crippen LogP contribution in [0.4, 0.5) is 16.2 Å². The van der Waals surface area contributed by atoms with Crippen molar-refractivity contribution in [3.05, 3.63) is 106 Å². The Morgan fingerprint density at radius 3 is 2.16 bits per heavy atom. The molecule has 0 aliphatic rings. The molecule has 0 aliphatic heterocycles. The average molecular weight is 433 g/mol. The van der Waals surface area contributed by atoms with Crippen molar-refractivity contribution in [2.24, 2.45) is 0 Å². The molecule has 0 saturated carbocycles. The van der Waals surface area contributed by atoms with E-state index in [0.717, 1.165) is 24.0 Å². The molecule has 3 rings (SSSR count). The second kappa shape index (κ2) is 10.6. The third-order valence-electron chi connectivity index (χ3n) is 5.67. The number of nitro benzene ring substituents is 1. The molecule has 32 heavy (non-hydrogen) atoms. The standard InChI is InChI=1S/C26H28N2O4/c1-3-19-26(21-15-9-6-10-16-21,22(4-2)20-13-7-5-8-14-20)32-25(29)27-23-17-11-12-18-24(23)28(30)31/h5-18,22H,3-4,19H2,1-2H3,(H,27,29)/t22-,26+/m0/s1. The molecular weight excluding hydrogens is 404 g/mol. The van der Waals surface area contributed by atoms with E-state index in [1.807, 2.05) is 60.7 Å². The lowest BCUT2D eigenvalue weighted by Crippen LogP contribution is -2.40. The van der Waals surface area contributed by atoms with Gasteiger partial charge in [-0.1, -0.05) is 93.1 Å². The normalized spacial score (nSPS) is 13.6. The molecule has 0 spiro atoms. The number of rotatable bonds is 9. The molecule has 0 fully saturated rings. The molecule has 1 amide bonds. The number of carbonyl (C=O) groups is 1. The molecule has 1 N–H and O–H groups in total. The van der Waals surface area contributed by atoms with Crippen LogP contribution in [0.1, 0.15) is 50.2 Å². The summed E-state index contributed by atoms with van der Waals surface area (Å²) in [5, 5.41) is 14.0. The fourth-order valence-corrected chi connectivity index (χ4v) is 4.35. The van der Waals surface area contributed by atoms with Gasteiger partial charge in [-0.05, 0) is 30.0 Å². The summed E-state index contributed by atoms with van der Waals surface area (Å²) in [6, 6.07) is 25.8. The number of nitro groups is 1. The third kappa shape index (κ3) is 4.97. The van der Waals surface area contributed by atoms with Crippen molar-refractivity contribution < 1.29 is 14.5 Å². The quantitative estimate of drug-likeness (QED) is 0.291. The topological polar surface area (TPSA) is 81.5 Å². The zero-order chi connectivity index (χ0) is 23.0. The van der Waals surface area contributed by atoms with Crippen LogP contribution >= 0.6 is 0 Å². The summed E-state index contributed by atoms with van der Waals surface area (Å²) in [5.41, 5.74) is 0.967. The molecule has 3 aromatic rings. The van der Waals surface area contributed by atoms with Crippen LogP contribution in [0.15, 0.2) is 84.9 Å². The molecule has 0 saturated heterocycles. The summed E-state index contributed by atoms with van der Waals surface area (Å²) in [5.74, 6) is -0.0949. The molecule has 0 radical (unpaired) electrons. The summed E-state index contributed by atoms with van der Waals surface area (Å²) < 4.78 is 6.24. The summed E-state index contributed by atoms with van der Waals surface area (Å²) in [6.45, 7) is 4.13. The van der Waals surface area contributed by atoms with Crippen LogP contribution in [0, 0.1) is 10.1 Å². The second-order valence-electron chi connectivity index (χ2n) is 7.67. The summed E-state index contributed by atoms with van der Waals surface area (Å²) in [6.07, 6.45) is 1.43. The van der Waals surface area contributed by atoms with Crippen molar-refractivity contribution in [3.8, 4) is 0 Å².